The van der Waals surface area contributed by atoms with Gasteiger partial charge in [0, 0.05) is 43.0 Å². The minimum atomic E-state index is -0.269. The highest BCUT2D eigenvalue weighted by molar-refractivity contribution is 6.30. The molecular formula is C20H23ClN4O3. The Morgan fingerprint density at radius 2 is 2.07 bits per heavy atom. The van der Waals surface area contributed by atoms with Crippen LogP contribution in [0.5, 0.6) is 0 Å². The Balaban J connectivity index is 1.64. The molecule has 7 nitrogen and oxygen atoms in total. The van der Waals surface area contributed by atoms with Gasteiger partial charge in [-0.25, -0.2) is 9.97 Å². The largest absolute Gasteiger partial charge is 0.384 e. The fourth-order valence-corrected chi connectivity index (χ4v) is 3.31. The summed E-state index contributed by atoms with van der Waals surface area (Å²) < 4.78 is 4.97. The number of ether oxygens (including phenoxy) is 1. The number of rotatable bonds is 6. The average Bonchev–Trinajstić information content (AvgIpc) is 3.18. The van der Waals surface area contributed by atoms with Gasteiger partial charge in [0.2, 0.25) is 5.91 Å². The van der Waals surface area contributed by atoms with Crippen LogP contribution in [-0.2, 0) is 9.53 Å². The predicted molar refractivity (Wildman–Crippen MR) is 107 cm³/mol. The van der Waals surface area contributed by atoms with Crippen molar-refractivity contribution >= 4 is 29.1 Å². The molecule has 1 saturated heterocycles. The van der Waals surface area contributed by atoms with E-state index in [-0.39, 0.29) is 17.7 Å². The quantitative estimate of drug-likeness (QED) is 0.802. The van der Waals surface area contributed by atoms with E-state index in [1.165, 1.54) is 0 Å². The number of methoxy groups -OCH3 is 1. The van der Waals surface area contributed by atoms with Crippen molar-refractivity contribution in [1.29, 1.82) is 0 Å². The molecule has 0 radical (unpaired) electrons. The predicted octanol–water partition coefficient (Wildman–Crippen LogP) is 3.04. The zero-order chi connectivity index (χ0) is 20.1. The van der Waals surface area contributed by atoms with Crippen molar-refractivity contribution in [2.24, 2.45) is 0 Å². The molecule has 1 aromatic heterocycles. The number of aryl methyl sites for hydroxylation is 1. The summed E-state index contributed by atoms with van der Waals surface area (Å²) in [4.78, 5) is 35.4. The topological polar surface area (TPSA) is 84.4 Å². The molecule has 3 rings (SSSR count). The van der Waals surface area contributed by atoms with Crippen LogP contribution in [0.15, 0.2) is 30.5 Å². The van der Waals surface area contributed by atoms with E-state index in [9.17, 15) is 9.59 Å². The molecule has 1 atom stereocenters. The van der Waals surface area contributed by atoms with E-state index < -0.39 is 0 Å². The summed E-state index contributed by atoms with van der Waals surface area (Å²) in [7, 11) is 1.58. The highest BCUT2D eigenvalue weighted by Crippen LogP contribution is 2.25. The molecule has 2 aromatic rings. The summed E-state index contributed by atoms with van der Waals surface area (Å²) in [5.74, 6) is 0.565. The van der Waals surface area contributed by atoms with Gasteiger partial charge in [0.1, 0.15) is 5.82 Å². The maximum absolute atomic E-state index is 12.5. The number of halogens is 1. The van der Waals surface area contributed by atoms with Gasteiger partial charge in [-0.05, 0) is 37.6 Å². The smallest absolute Gasteiger partial charge is 0.259 e. The first-order chi connectivity index (χ1) is 13.5. The Morgan fingerprint density at radius 1 is 1.32 bits per heavy atom. The number of nitrogens with zero attached hydrogens (tertiary/aromatic N) is 3. The maximum Gasteiger partial charge on any atom is 0.259 e. The summed E-state index contributed by atoms with van der Waals surface area (Å²) >= 11 is 5.86. The summed E-state index contributed by atoms with van der Waals surface area (Å²) in [6, 6.07) is 6.89. The zero-order valence-corrected chi connectivity index (χ0v) is 16.7. The van der Waals surface area contributed by atoms with Crippen LogP contribution in [0.4, 0.5) is 5.69 Å². The fraction of sp³-hybridized carbons (Fsp3) is 0.400. The van der Waals surface area contributed by atoms with Gasteiger partial charge in [0.25, 0.3) is 5.91 Å². The van der Waals surface area contributed by atoms with E-state index in [0.717, 1.165) is 6.42 Å². The molecule has 8 heteroatoms. The first-order valence-electron chi connectivity index (χ1n) is 9.15. The molecule has 0 spiro atoms. The van der Waals surface area contributed by atoms with Crippen molar-refractivity contribution in [3.8, 4) is 0 Å². The number of carbonyl (C=O) groups is 2. The van der Waals surface area contributed by atoms with E-state index in [1.807, 2.05) is 4.90 Å². The molecular weight excluding hydrogens is 380 g/mol. The highest BCUT2D eigenvalue weighted by atomic mass is 35.5. The van der Waals surface area contributed by atoms with E-state index in [0.29, 0.717) is 53.9 Å². The minimum Gasteiger partial charge on any atom is -0.384 e. The van der Waals surface area contributed by atoms with Gasteiger partial charge in [-0.2, -0.15) is 0 Å². The van der Waals surface area contributed by atoms with Crippen molar-refractivity contribution < 1.29 is 14.3 Å². The van der Waals surface area contributed by atoms with Gasteiger partial charge in [-0.15, -0.1) is 0 Å². The van der Waals surface area contributed by atoms with Crippen LogP contribution in [-0.4, -0.2) is 53.5 Å². The molecule has 0 aliphatic carbocycles. The zero-order valence-electron chi connectivity index (χ0n) is 15.9. The lowest BCUT2D eigenvalue weighted by atomic mass is 10.1. The van der Waals surface area contributed by atoms with Crippen molar-refractivity contribution in [1.82, 2.24) is 14.9 Å². The highest BCUT2D eigenvalue weighted by Gasteiger charge is 2.29. The number of amides is 2. The number of nitrogens with one attached hydrogen (secondary N) is 1. The fourth-order valence-electron chi connectivity index (χ4n) is 3.18. The van der Waals surface area contributed by atoms with E-state index in [1.54, 1.807) is 44.5 Å². The summed E-state index contributed by atoms with van der Waals surface area (Å²) in [6.07, 6.45) is 2.75. The Bertz CT molecular complexity index is 857. The first kappa shape index (κ1) is 20.2. The summed E-state index contributed by atoms with van der Waals surface area (Å²) in [5, 5.41) is 3.42. The standard InChI is InChI=1S/C20H23ClN4O3/c1-13-17(20(27)24-16-5-3-15(21)4-6-16)11-22-19(23-13)14-7-9-25(12-14)18(26)8-10-28-2/h3-6,11,14H,7-10,12H2,1-2H3,(H,24,27). The number of carbonyl (C=O) groups excluding carboxylic acids is 2. The van der Waals surface area contributed by atoms with Crippen LogP contribution in [0.1, 0.15) is 40.6 Å². The van der Waals surface area contributed by atoms with Gasteiger partial charge in [-0.3, -0.25) is 9.59 Å². The SMILES string of the molecule is COCCC(=O)N1CCC(c2ncc(C(=O)Nc3ccc(Cl)cc3)c(C)n2)C1. The number of benzene rings is 1. The number of hydrogen-bond acceptors (Lipinski definition) is 5. The molecule has 148 valence electrons. The third-order valence-corrected chi connectivity index (χ3v) is 5.02. The molecule has 28 heavy (non-hydrogen) atoms. The molecule has 0 saturated carbocycles. The molecule has 1 aromatic carbocycles. The molecule has 1 aliphatic rings. The summed E-state index contributed by atoms with van der Waals surface area (Å²) in [5.41, 5.74) is 1.68. The third kappa shape index (κ3) is 4.85. The second kappa shape index (κ2) is 9.12. The lowest BCUT2D eigenvalue weighted by Gasteiger charge is -2.16. The molecule has 1 N–H and O–H groups in total. The minimum absolute atomic E-state index is 0.0820. The van der Waals surface area contributed by atoms with Gasteiger partial charge in [0.15, 0.2) is 0 Å². The molecule has 0 bridgehead atoms. The van der Waals surface area contributed by atoms with Crippen molar-refractivity contribution in [3.63, 3.8) is 0 Å². The van der Waals surface area contributed by atoms with Crippen molar-refractivity contribution in [2.75, 3.05) is 32.1 Å². The van der Waals surface area contributed by atoms with Crippen molar-refractivity contribution in [3.05, 3.63) is 52.6 Å². The van der Waals surface area contributed by atoms with Crippen LogP contribution in [0, 0.1) is 6.92 Å². The number of anilines is 1. The lowest BCUT2D eigenvalue weighted by molar-refractivity contribution is -0.131. The van der Waals surface area contributed by atoms with Crippen LogP contribution in [0.25, 0.3) is 0 Å². The average molecular weight is 403 g/mol. The Kier molecular flexibility index (Phi) is 6.59. The second-order valence-corrected chi connectivity index (χ2v) is 7.19. The molecule has 2 amide bonds. The van der Waals surface area contributed by atoms with Gasteiger partial charge in [-0.1, -0.05) is 11.6 Å². The molecule has 2 heterocycles. The molecule has 1 aliphatic heterocycles. The van der Waals surface area contributed by atoms with Gasteiger partial charge < -0.3 is 15.0 Å². The lowest BCUT2D eigenvalue weighted by Crippen LogP contribution is -2.29. The van der Waals surface area contributed by atoms with Gasteiger partial charge in [0.05, 0.1) is 24.3 Å². The second-order valence-electron chi connectivity index (χ2n) is 6.76. The molecule has 1 unspecified atom stereocenters. The van der Waals surface area contributed by atoms with Gasteiger partial charge >= 0.3 is 0 Å². The number of aromatic nitrogens is 2. The normalized spacial score (nSPS) is 16.2. The van der Waals surface area contributed by atoms with E-state index in [2.05, 4.69) is 15.3 Å². The number of hydrogen-bond donors (Lipinski definition) is 1. The monoisotopic (exact) mass is 402 g/mol. The van der Waals surface area contributed by atoms with E-state index in [4.69, 9.17) is 16.3 Å². The Labute approximate surface area is 169 Å². The van der Waals surface area contributed by atoms with Crippen LogP contribution < -0.4 is 5.32 Å². The van der Waals surface area contributed by atoms with Crippen molar-refractivity contribution in [2.45, 2.75) is 25.7 Å². The summed E-state index contributed by atoms with van der Waals surface area (Å²) in [6.45, 7) is 3.50. The first-order valence-corrected chi connectivity index (χ1v) is 9.53. The van der Waals surface area contributed by atoms with Crippen LogP contribution >= 0.6 is 11.6 Å². The number of likely N-dealkylation sites (tertiary alicyclic amines) is 1. The molecule has 1 fully saturated rings. The third-order valence-electron chi connectivity index (χ3n) is 4.77. The van der Waals surface area contributed by atoms with Crippen LogP contribution in [0.3, 0.4) is 0 Å². The Hall–Kier alpha value is -2.51. The van der Waals surface area contributed by atoms with E-state index >= 15 is 0 Å². The van der Waals surface area contributed by atoms with Crippen LogP contribution in [0.2, 0.25) is 5.02 Å². The maximum atomic E-state index is 12.5. The Morgan fingerprint density at radius 3 is 2.75 bits per heavy atom.